The van der Waals surface area contributed by atoms with Crippen molar-refractivity contribution in [2.75, 3.05) is 0 Å². The molecule has 3 aromatic rings. The Morgan fingerprint density at radius 1 is 0.857 bits per heavy atom. The average Bonchev–Trinajstić information content (AvgIpc) is 2.65. The number of thiophene rings is 2. The van der Waals surface area contributed by atoms with Crippen LogP contribution in [0.5, 0.6) is 0 Å². The second-order valence-corrected chi connectivity index (χ2v) is 5.86. The van der Waals surface area contributed by atoms with Crippen LogP contribution in [0.2, 0.25) is 0 Å². The molecule has 70 valence electrons. The number of aromatic nitrogens is 2. The third kappa shape index (κ3) is 1.07. The summed E-state index contributed by atoms with van der Waals surface area (Å²) in [4.78, 5) is 2.60. The minimum absolute atomic E-state index is 1.03. The van der Waals surface area contributed by atoms with Gasteiger partial charge in [-0.25, -0.2) is 0 Å². The zero-order valence-electron chi connectivity index (χ0n) is 7.87. The molecule has 0 N–H and O–H groups in total. The van der Waals surface area contributed by atoms with Gasteiger partial charge in [-0.05, 0) is 26.0 Å². The molecular formula is C10H8N2S2. The summed E-state index contributed by atoms with van der Waals surface area (Å²) in [6.45, 7) is 4.22. The van der Waals surface area contributed by atoms with E-state index < -0.39 is 0 Å². The Morgan fingerprint density at radius 3 is 1.71 bits per heavy atom. The first-order valence-electron chi connectivity index (χ1n) is 4.37. The molecule has 0 saturated heterocycles. The van der Waals surface area contributed by atoms with E-state index in [-0.39, 0.29) is 0 Å². The minimum Gasteiger partial charge on any atom is -0.149 e. The Labute approximate surface area is 89.2 Å². The lowest BCUT2D eigenvalue weighted by Gasteiger charge is -1.88. The first-order chi connectivity index (χ1) is 6.74. The van der Waals surface area contributed by atoms with E-state index in [4.69, 9.17) is 0 Å². The quantitative estimate of drug-likeness (QED) is 0.579. The van der Waals surface area contributed by atoms with Gasteiger partial charge in [0.15, 0.2) is 0 Å². The van der Waals surface area contributed by atoms with Gasteiger partial charge in [-0.3, -0.25) is 0 Å². The van der Waals surface area contributed by atoms with E-state index in [0.717, 1.165) is 11.0 Å². The van der Waals surface area contributed by atoms with Crippen LogP contribution in [0.1, 0.15) is 9.75 Å². The van der Waals surface area contributed by atoms with Gasteiger partial charge in [-0.2, -0.15) is 0 Å². The summed E-state index contributed by atoms with van der Waals surface area (Å²) in [5.74, 6) is 0. The molecule has 0 spiro atoms. The molecule has 0 aliphatic carbocycles. The molecule has 0 atom stereocenters. The van der Waals surface area contributed by atoms with Gasteiger partial charge in [0.2, 0.25) is 0 Å². The molecule has 0 amide bonds. The molecule has 3 heterocycles. The molecule has 0 aliphatic heterocycles. The van der Waals surface area contributed by atoms with Gasteiger partial charge in [-0.1, -0.05) is 0 Å². The summed E-state index contributed by atoms with van der Waals surface area (Å²) in [6, 6.07) is 4.20. The van der Waals surface area contributed by atoms with E-state index in [1.807, 2.05) is 0 Å². The van der Waals surface area contributed by atoms with Crippen molar-refractivity contribution >= 4 is 43.1 Å². The number of aryl methyl sites for hydroxylation is 2. The highest BCUT2D eigenvalue weighted by Crippen LogP contribution is 2.34. The van der Waals surface area contributed by atoms with Crippen LogP contribution in [0.3, 0.4) is 0 Å². The zero-order chi connectivity index (χ0) is 9.71. The normalized spacial score (nSPS) is 11.6. The maximum absolute atomic E-state index is 4.21. The molecule has 0 bridgehead atoms. The first kappa shape index (κ1) is 8.32. The lowest BCUT2D eigenvalue weighted by molar-refractivity contribution is 1.13. The summed E-state index contributed by atoms with van der Waals surface area (Å²) in [7, 11) is 0. The fraction of sp³-hybridized carbons (Fsp3) is 0.200. The van der Waals surface area contributed by atoms with Gasteiger partial charge in [-0.15, -0.1) is 32.9 Å². The van der Waals surface area contributed by atoms with Crippen LogP contribution in [0.25, 0.3) is 20.4 Å². The molecule has 0 unspecified atom stereocenters. The number of hydrogen-bond donors (Lipinski definition) is 0. The van der Waals surface area contributed by atoms with Gasteiger partial charge < -0.3 is 0 Å². The van der Waals surface area contributed by atoms with E-state index in [1.165, 1.54) is 19.2 Å². The SMILES string of the molecule is Cc1cc2nnc3cc(C)sc3c2s1. The van der Waals surface area contributed by atoms with Crippen molar-refractivity contribution in [2.45, 2.75) is 13.8 Å². The smallest absolute Gasteiger partial charge is 0.105 e. The monoisotopic (exact) mass is 220 g/mol. The standard InChI is InChI=1S/C10H8N2S2/c1-5-3-7-9(13-5)10-8(12-11-7)4-6(2)14-10/h3-4H,1-2H3. The molecule has 3 aromatic heterocycles. The highest BCUT2D eigenvalue weighted by Gasteiger charge is 2.08. The molecule has 0 aliphatic rings. The van der Waals surface area contributed by atoms with Crippen LogP contribution in [-0.4, -0.2) is 10.2 Å². The fourth-order valence-electron chi connectivity index (χ4n) is 1.58. The van der Waals surface area contributed by atoms with Crippen molar-refractivity contribution < 1.29 is 0 Å². The second-order valence-electron chi connectivity index (χ2n) is 3.34. The number of nitrogens with zero attached hydrogens (tertiary/aromatic N) is 2. The first-order valence-corrected chi connectivity index (χ1v) is 6.00. The fourth-order valence-corrected chi connectivity index (χ4v) is 3.62. The van der Waals surface area contributed by atoms with E-state index in [0.29, 0.717) is 0 Å². The molecule has 0 radical (unpaired) electrons. The van der Waals surface area contributed by atoms with Crippen LogP contribution >= 0.6 is 22.7 Å². The van der Waals surface area contributed by atoms with Crippen LogP contribution in [-0.2, 0) is 0 Å². The van der Waals surface area contributed by atoms with E-state index >= 15 is 0 Å². The topological polar surface area (TPSA) is 25.8 Å². The van der Waals surface area contributed by atoms with Crippen molar-refractivity contribution in [3.63, 3.8) is 0 Å². The largest absolute Gasteiger partial charge is 0.149 e. The van der Waals surface area contributed by atoms with E-state index in [9.17, 15) is 0 Å². The van der Waals surface area contributed by atoms with Crippen LogP contribution < -0.4 is 0 Å². The predicted octanol–water partition coefficient (Wildman–Crippen LogP) is 3.52. The predicted molar refractivity (Wildman–Crippen MR) is 62.3 cm³/mol. The Bertz CT molecular complexity index is 566. The molecule has 0 saturated carbocycles. The summed E-state index contributed by atoms with van der Waals surface area (Å²) in [5, 5.41) is 8.42. The number of hydrogen-bond acceptors (Lipinski definition) is 4. The van der Waals surface area contributed by atoms with Crippen LogP contribution in [0.15, 0.2) is 12.1 Å². The average molecular weight is 220 g/mol. The molecule has 4 heteroatoms. The molecular weight excluding hydrogens is 212 g/mol. The summed E-state index contributed by atoms with van der Waals surface area (Å²) in [5.41, 5.74) is 2.06. The van der Waals surface area contributed by atoms with Crippen molar-refractivity contribution in [3.05, 3.63) is 21.9 Å². The van der Waals surface area contributed by atoms with E-state index in [2.05, 4.69) is 36.2 Å². The summed E-state index contributed by atoms with van der Waals surface area (Å²) < 4.78 is 2.57. The summed E-state index contributed by atoms with van der Waals surface area (Å²) in [6.07, 6.45) is 0. The Kier molecular flexibility index (Phi) is 1.63. The highest BCUT2D eigenvalue weighted by molar-refractivity contribution is 7.27. The number of fused-ring (bicyclic) bond motifs is 3. The van der Waals surface area contributed by atoms with Gasteiger partial charge in [0.05, 0.1) is 9.40 Å². The Morgan fingerprint density at radius 2 is 1.29 bits per heavy atom. The van der Waals surface area contributed by atoms with Crippen molar-refractivity contribution in [2.24, 2.45) is 0 Å². The van der Waals surface area contributed by atoms with Crippen LogP contribution in [0.4, 0.5) is 0 Å². The molecule has 0 fully saturated rings. The van der Waals surface area contributed by atoms with Gasteiger partial charge >= 0.3 is 0 Å². The number of rotatable bonds is 0. The van der Waals surface area contributed by atoms with Crippen molar-refractivity contribution in [1.82, 2.24) is 10.2 Å². The third-order valence-corrected chi connectivity index (χ3v) is 4.39. The highest BCUT2D eigenvalue weighted by atomic mass is 32.1. The Hall–Kier alpha value is -1.00. The maximum Gasteiger partial charge on any atom is 0.105 e. The third-order valence-electron chi connectivity index (χ3n) is 2.14. The maximum atomic E-state index is 4.21. The lowest BCUT2D eigenvalue weighted by Crippen LogP contribution is -1.78. The van der Waals surface area contributed by atoms with E-state index in [1.54, 1.807) is 22.7 Å². The van der Waals surface area contributed by atoms with Gasteiger partial charge in [0.25, 0.3) is 0 Å². The summed E-state index contributed by atoms with van der Waals surface area (Å²) >= 11 is 3.61. The van der Waals surface area contributed by atoms with Crippen molar-refractivity contribution in [3.8, 4) is 0 Å². The van der Waals surface area contributed by atoms with Crippen molar-refractivity contribution in [1.29, 1.82) is 0 Å². The molecule has 2 nitrogen and oxygen atoms in total. The molecule has 0 aromatic carbocycles. The zero-order valence-corrected chi connectivity index (χ0v) is 9.50. The second kappa shape index (κ2) is 2.74. The van der Waals surface area contributed by atoms with Gasteiger partial charge in [0.1, 0.15) is 11.0 Å². The Balaban J connectivity index is 2.58. The molecule has 3 rings (SSSR count). The van der Waals surface area contributed by atoms with Gasteiger partial charge in [0, 0.05) is 9.75 Å². The minimum atomic E-state index is 1.03. The van der Waals surface area contributed by atoms with Crippen LogP contribution in [0, 0.1) is 13.8 Å². The lowest BCUT2D eigenvalue weighted by atomic mass is 10.3. The molecule has 14 heavy (non-hydrogen) atoms.